The van der Waals surface area contributed by atoms with Gasteiger partial charge in [0.2, 0.25) is 5.91 Å². The third kappa shape index (κ3) is 3.78. The van der Waals surface area contributed by atoms with Crippen molar-refractivity contribution in [3.05, 3.63) is 63.1 Å². The van der Waals surface area contributed by atoms with Gasteiger partial charge in [0.25, 0.3) is 5.56 Å². The number of rotatable bonds is 4. The summed E-state index contributed by atoms with van der Waals surface area (Å²) in [7, 11) is 0. The molecule has 2 aromatic rings. The van der Waals surface area contributed by atoms with Crippen LogP contribution in [0.3, 0.4) is 0 Å². The highest BCUT2D eigenvalue weighted by atomic mass is 19.1. The molecular formula is C19H22FN3O2. The molecule has 1 aromatic carbocycles. The molecule has 0 radical (unpaired) electrons. The van der Waals surface area contributed by atoms with Crippen molar-refractivity contribution in [3.63, 3.8) is 0 Å². The maximum Gasteiger partial charge on any atom is 0.254 e. The van der Waals surface area contributed by atoms with E-state index in [1.54, 1.807) is 26.0 Å². The van der Waals surface area contributed by atoms with Crippen molar-refractivity contribution in [1.82, 2.24) is 14.9 Å². The molecular weight excluding hydrogens is 321 g/mol. The average Bonchev–Trinajstić information content (AvgIpc) is 3.04. The summed E-state index contributed by atoms with van der Waals surface area (Å²) in [4.78, 5) is 33.5. The van der Waals surface area contributed by atoms with Crippen LogP contribution in [0.1, 0.15) is 47.9 Å². The highest BCUT2D eigenvalue weighted by Crippen LogP contribution is 2.32. The average molecular weight is 343 g/mol. The van der Waals surface area contributed by atoms with E-state index in [1.807, 2.05) is 4.90 Å². The van der Waals surface area contributed by atoms with Crippen molar-refractivity contribution in [1.29, 1.82) is 0 Å². The van der Waals surface area contributed by atoms with Gasteiger partial charge < -0.3 is 9.88 Å². The molecule has 1 aliphatic heterocycles. The van der Waals surface area contributed by atoms with Crippen molar-refractivity contribution < 1.29 is 9.18 Å². The lowest BCUT2D eigenvalue weighted by Gasteiger charge is -2.25. The third-order valence-electron chi connectivity index (χ3n) is 4.76. The van der Waals surface area contributed by atoms with Crippen molar-refractivity contribution in [3.8, 4) is 0 Å². The van der Waals surface area contributed by atoms with Crippen LogP contribution in [0.15, 0.2) is 29.1 Å². The molecule has 132 valence electrons. The van der Waals surface area contributed by atoms with Crippen LogP contribution >= 0.6 is 0 Å². The Morgan fingerprint density at radius 3 is 2.72 bits per heavy atom. The van der Waals surface area contributed by atoms with Gasteiger partial charge in [0.15, 0.2) is 0 Å². The fourth-order valence-corrected chi connectivity index (χ4v) is 3.52. The molecule has 1 amide bonds. The van der Waals surface area contributed by atoms with Gasteiger partial charge in [-0.2, -0.15) is 0 Å². The number of benzene rings is 1. The van der Waals surface area contributed by atoms with E-state index in [9.17, 15) is 14.0 Å². The molecule has 0 aliphatic carbocycles. The lowest BCUT2D eigenvalue weighted by molar-refractivity contribution is -0.132. The number of carbonyl (C=O) groups is 1. The number of amides is 1. The topological polar surface area (TPSA) is 66.1 Å². The summed E-state index contributed by atoms with van der Waals surface area (Å²) < 4.78 is 13.1. The van der Waals surface area contributed by atoms with Crippen molar-refractivity contribution in [2.75, 3.05) is 6.54 Å². The van der Waals surface area contributed by atoms with Crippen LogP contribution in [-0.2, 0) is 11.2 Å². The van der Waals surface area contributed by atoms with Gasteiger partial charge in [0, 0.05) is 24.2 Å². The predicted molar refractivity (Wildman–Crippen MR) is 92.7 cm³/mol. The first-order valence-corrected chi connectivity index (χ1v) is 8.57. The molecule has 1 N–H and O–H groups in total. The molecule has 0 bridgehead atoms. The molecule has 0 saturated carbocycles. The Kier molecular flexibility index (Phi) is 4.97. The summed E-state index contributed by atoms with van der Waals surface area (Å²) in [5, 5.41) is 0. The van der Waals surface area contributed by atoms with E-state index >= 15 is 0 Å². The standard InChI is InChI=1S/C19H22FN3O2/c1-12-16(19(25)22-13(2)21-12)9-10-18(24)23-11-3-4-17(23)14-5-7-15(20)8-6-14/h5-8,17H,3-4,9-11H2,1-2H3,(H,21,22,25)/t17-/m1/s1. The smallest absolute Gasteiger partial charge is 0.254 e. The summed E-state index contributed by atoms with van der Waals surface area (Å²) in [5.41, 5.74) is 2.02. The van der Waals surface area contributed by atoms with Crippen molar-refractivity contribution in [2.45, 2.75) is 45.6 Å². The van der Waals surface area contributed by atoms with Gasteiger partial charge in [-0.15, -0.1) is 0 Å². The molecule has 1 fully saturated rings. The summed E-state index contributed by atoms with van der Waals surface area (Å²) in [6, 6.07) is 6.33. The third-order valence-corrected chi connectivity index (χ3v) is 4.76. The largest absolute Gasteiger partial charge is 0.336 e. The van der Waals surface area contributed by atoms with Gasteiger partial charge in [0.1, 0.15) is 11.6 Å². The minimum atomic E-state index is -0.277. The fraction of sp³-hybridized carbons (Fsp3) is 0.421. The van der Waals surface area contributed by atoms with Crippen LogP contribution < -0.4 is 5.56 Å². The number of aromatic nitrogens is 2. The maximum absolute atomic E-state index is 13.1. The van der Waals surface area contributed by atoms with E-state index in [1.165, 1.54) is 12.1 Å². The lowest BCUT2D eigenvalue weighted by Crippen LogP contribution is -2.31. The first kappa shape index (κ1) is 17.3. The molecule has 1 aliphatic rings. The quantitative estimate of drug-likeness (QED) is 0.928. The molecule has 0 unspecified atom stereocenters. The second kappa shape index (κ2) is 7.17. The lowest BCUT2D eigenvalue weighted by atomic mass is 10.0. The molecule has 5 nitrogen and oxygen atoms in total. The van der Waals surface area contributed by atoms with E-state index < -0.39 is 0 Å². The van der Waals surface area contributed by atoms with E-state index in [-0.39, 0.29) is 29.7 Å². The van der Waals surface area contributed by atoms with Crippen LogP contribution in [0.25, 0.3) is 0 Å². The number of likely N-dealkylation sites (tertiary alicyclic amines) is 1. The highest BCUT2D eigenvalue weighted by molar-refractivity contribution is 5.77. The van der Waals surface area contributed by atoms with Crippen LogP contribution in [0.4, 0.5) is 4.39 Å². The van der Waals surface area contributed by atoms with Gasteiger partial charge in [0.05, 0.1) is 6.04 Å². The minimum absolute atomic E-state index is 0.0105. The molecule has 1 aromatic heterocycles. The molecule has 6 heteroatoms. The molecule has 2 heterocycles. The van der Waals surface area contributed by atoms with Crippen molar-refractivity contribution >= 4 is 5.91 Å². The zero-order valence-corrected chi connectivity index (χ0v) is 14.5. The highest BCUT2D eigenvalue weighted by Gasteiger charge is 2.29. The zero-order chi connectivity index (χ0) is 18.0. The number of aromatic amines is 1. The zero-order valence-electron chi connectivity index (χ0n) is 14.5. The maximum atomic E-state index is 13.1. The number of carbonyl (C=O) groups excluding carboxylic acids is 1. The van der Waals surface area contributed by atoms with Gasteiger partial charge in [-0.05, 0) is 50.8 Å². The summed E-state index contributed by atoms with van der Waals surface area (Å²) in [5.74, 6) is 0.320. The van der Waals surface area contributed by atoms with Crippen LogP contribution in [0, 0.1) is 19.7 Å². The Balaban J connectivity index is 1.70. The van der Waals surface area contributed by atoms with Crippen molar-refractivity contribution in [2.24, 2.45) is 0 Å². The predicted octanol–water partition coefficient (Wildman–Crippen LogP) is 2.82. The van der Waals surface area contributed by atoms with E-state index in [0.29, 0.717) is 30.0 Å². The second-order valence-electron chi connectivity index (χ2n) is 6.51. The fourth-order valence-electron chi connectivity index (χ4n) is 3.52. The van der Waals surface area contributed by atoms with Crippen LogP contribution in [-0.4, -0.2) is 27.3 Å². The van der Waals surface area contributed by atoms with Crippen LogP contribution in [0.2, 0.25) is 0 Å². The van der Waals surface area contributed by atoms with E-state index in [4.69, 9.17) is 0 Å². The van der Waals surface area contributed by atoms with Gasteiger partial charge in [-0.3, -0.25) is 9.59 Å². The summed E-state index contributed by atoms with van der Waals surface area (Å²) in [6.07, 6.45) is 2.45. The number of hydrogen-bond donors (Lipinski definition) is 1. The number of nitrogens with zero attached hydrogens (tertiary/aromatic N) is 2. The Morgan fingerprint density at radius 1 is 1.32 bits per heavy atom. The normalized spacial score (nSPS) is 17.1. The van der Waals surface area contributed by atoms with Gasteiger partial charge >= 0.3 is 0 Å². The minimum Gasteiger partial charge on any atom is -0.336 e. The molecule has 3 rings (SSSR count). The Bertz CT molecular complexity index is 830. The Labute approximate surface area is 145 Å². The molecule has 0 spiro atoms. The number of nitrogens with one attached hydrogen (secondary N) is 1. The summed E-state index contributed by atoms with van der Waals surface area (Å²) >= 11 is 0. The Morgan fingerprint density at radius 2 is 2.04 bits per heavy atom. The first-order valence-electron chi connectivity index (χ1n) is 8.57. The number of halogens is 1. The second-order valence-corrected chi connectivity index (χ2v) is 6.51. The van der Waals surface area contributed by atoms with E-state index in [0.717, 1.165) is 18.4 Å². The molecule has 1 atom stereocenters. The number of hydrogen-bond acceptors (Lipinski definition) is 3. The Hall–Kier alpha value is -2.50. The molecule has 25 heavy (non-hydrogen) atoms. The first-order chi connectivity index (χ1) is 12.0. The SMILES string of the molecule is Cc1nc(C)c(CCC(=O)N2CCC[C@@H]2c2ccc(F)cc2)c(=O)[nH]1. The van der Waals surface area contributed by atoms with Gasteiger partial charge in [-0.1, -0.05) is 12.1 Å². The monoisotopic (exact) mass is 343 g/mol. The van der Waals surface area contributed by atoms with Crippen LogP contribution in [0.5, 0.6) is 0 Å². The van der Waals surface area contributed by atoms with E-state index in [2.05, 4.69) is 9.97 Å². The number of H-pyrrole nitrogens is 1. The molecule has 1 saturated heterocycles. The summed E-state index contributed by atoms with van der Waals surface area (Å²) in [6.45, 7) is 4.22. The number of aryl methyl sites for hydroxylation is 2. The van der Waals surface area contributed by atoms with Gasteiger partial charge in [-0.25, -0.2) is 9.37 Å².